The molecule has 0 aliphatic rings. The molecule has 1 atom stereocenters. The molecular weight excluding hydrogens is 296 g/mol. The Balaban J connectivity index is 2.57. The quantitative estimate of drug-likeness (QED) is 0.497. The van der Waals surface area contributed by atoms with Gasteiger partial charge in [-0.3, -0.25) is 0 Å². The summed E-state index contributed by atoms with van der Waals surface area (Å²) in [5.41, 5.74) is 0. The van der Waals surface area contributed by atoms with Crippen LogP contribution in [0.25, 0.3) is 0 Å². The number of hydrogen-bond donors (Lipinski definition) is 1. The fourth-order valence-electron chi connectivity index (χ4n) is 1.24. The molecule has 1 unspecified atom stereocenters. The van der Waals surface area contributed by atoms with E-state index in [0.717, 1.165) is 18.6 Å². The highest BCUT2D eigenvalue weighted by Crippen LogP contribution is 2.15. The van der Waals surface area contributed by atoms with Crippen LogP contribution in [0.15, 0.2) is 4.73 Å². The second kappa shape index (κ2) is 6.19. The van der Waals surface area contributed by atoms with E-state index in [2.05, 4.69) is 45.6 Å². The minimum absolute atomic E-state index is 0.367. The molecule has 0 N–H and O–H groups in total. The fourth-order valence-corrected chi connectivity index (χ4v) is 2.09. The molecule has 1 heterocycles. The van der Waals surface area contributed by atoms with Gasteiger partial charge in [-0.25, -0.2) is 0 Å². The lowest BCUT2D eigenvalue weighted by Crippen LogP contribution is -2.06. The van der Waals surface area contributed by atoms with E-state index in [1.54, 1.807) is 0 Å². The van der Waals surface area contributed by atoms with Gasteiger partial charge in [0.25, 0.3) is 4.73 Å². The Morgan fingerprint density at radius 1 is 1.62 bits per heavy atom. The minimum atomic E-state index is -0.599. The number of rotatable bonds is 6. The first-order valence-electron chi connectivity index (χ1n) is 4.90. The van der Waals surface area contributed by atoms with Crippen LogP contribution in [0, 0.1) is 16.0 Å². The summed E-state index contributed by atoms with van der Waals surface area (Å²) in [6.07, 6.45) is 1.93. The van der Waals surface area contributed by atoms with Crippen LogP contribution in [0.3, 0.4) is 0 Å². The SMILES string of the molecule is CC(CCS)CCn1nc([N+](=O)[O-])nc1Br. The highest BCUT2D eigenvalue weighted by atomic mass is 79.9. The number of nitrogens with zero attached hydrogens (tertiary/aromatic N) is 4. The molecule has 0 saturated carbocycles. The molecule has 0 spiro atoms. The van der Waals surface area contributed by atoms with Crippen LogP contribution in [0.1, 0.15) is 19.8 Å². The van der Waals surface area contributed by atoms with Crippen LogP contribution in [-0.4, -0.2) is 25.4 Å². The van der Waals surface area contributed by atoms with Gasteiger partial charge in [-0.2, -0.15) is 17.3 Å². The van der Waals surface area contributed by atoms with E-state index in [4.69, 9.17) is 0 Å². The molecule has 0 aliphatic heterocycles. The summed E-state index contributed by atoms with van der Waals surface area (Å²) in [5, 5.41) is 14.2. The molecule has 8 heteroatoms. The van der Waals surface area contributed by atoms with Gasteiger partial charge in [0.2, 0.25) is 0 Å². The average Bonchev–Trinajstić information content (AvgIpc) is 2.58. The summed E-state index contributed by atoms with van der Waals surface area (Å²) in [6.45, 7) is 2.74. The molecule has 1 aromatic heterocycles. The average molecular weight is 309 g/mol. The van der Waals surface area contributed by atoms with Gasteiger partial charge in [-0.15, -0.1) is 0 Å². The molecule has 0 aromatic carbocycles. The van der Waals surface area contributed by atoms with Crippen molar-refractivity contribution in [3.63, 3.8) is 0 Å². The summed E-state index contributed by atoms with van der Waals surface area (Å²) in [6, 6.07) is 0. The Kier molecular flexibility index (Phi) is 5.20. The van der Waals surface area contributed by atoms with Crippen LogP contribution in [0.4, 0.5) is 5.95 Å². The van der Waals surface area contributed by atoms with Crippen molar-refractivity contribution in [2.24, 2.45) is 5.92 Å². The normalized spacial score (nSPS) is 12.7. The number of aromatic nitrogens is 3. The van der Waals surface area contributed by atoms with Crippen molar-refractivity contribution in [2.75, 3.05) is 5.75 Å². The van der Waals surface area contributed by atoms with E-state index < -0.39 is 4.92 Å². The third-order valence-electron chi connectivity index (χ3n) is 2.23. The molecule has 0 amide bonds. The first-order valence-corrected chi connectivity index (χ1v) is 6.32. The molecule has 0 saturated heterocycles. The second-order valence-corrected chi connectivity index (χ2v) is 4.72. The van der Waals surface area contributed by atoms with Crippen molar-refractivity contribution in [1.29, 1.82) is 0 Å². The maximum atomic E-state index is 10.4. The molecule has 90 valence electrons. The van der Waals surface area contributed by atoms with Crippen molar-refractivity contribution in [3.05, 3.63) is 14.8 Å². The summed E-state index contributed by atoms with van der Waals surface area (Å²) >= 11 is 7.30. The van der Waals surface area contributed by atoms with Crippen LogP contribution in [0.2, 0.25) is 0 Å². The van der Waals surface area contributed by atoms with Gasteiger partial charge in [-0.1, -0.05) is 6.92 Å². The molecule has 0 aliphatic carbocycles. The van der Waals surface area contributed by atoms with Gasteiger partial charge in [-0.05, 0) is 34.4 Å². The molecule has 6 nitrogen and oxygen atoms in total. The van der Waals surface area contributed by atoms with Crippen molar-refractivity contribution < 1.29 is 4.92 Å². The standard InChI is InChI=1S/C8H13BrN4O2S/c1-6(3-5-16)2-4-12-7(9)10-8(11-12)13(14)15/h6,16H,2-5H2,1H3. The monoisotopic (exact) mass is 308 g/mol. The molecular formula is C8H13BrN4O2S. The lowest BCUT2D eigenvalue weighted by Gasteiger charge is -2.07. The Hall–Kier alpha value is -0.630. The maximum absolute atomic E-state index is 10.4. The molecule has 0 bridgehead atoms. The summed E-state index contributed by atoms with van der Waals surface area (Å²) in [7, 11) is 0. The zero-order chi connectivity index (χ0) is 12.1. The van der Waals surface area contributed by atoms with Gasteiger partial charge >= 0.3 is 5.95 Å². The third-order valence-corrected chi connectivity index (χ3v) is 3.08. The second-order valence-electron chi connectivity index (χ2n) is 3.57. The Morgan fingerprint density at radius 3 is 2.81 bits per heavy atom. The fraction of sp³-hybridized carbons (Fsp3) is 0.750. The highest BCUT2D eigenvalue weighted by Gasteiger charge is 2.19. The molecule has 0 fully saturated rings. The Labute approximate surface area is 107 Å². The number of nitro groups is 1. The largest absolute Gasteiger partial charge is 0.492 e. The lowest BCUT2D eigenvalue weighted by molar-refractivity contribution is -0.394. The molecule has 0 radical (unpaired) electrons. The van der Waals surface area contributed by atoms with Crippen molar-refractivity contribution in [2.45, 2.75) is 26.3 Å². The smallest absolute Gasteiger partial charge is 0.390 e. The predicted octanol–water partition coefficient (Wildman–Crippen LogP) is 2.29. The van der Waals surface area contributed by atoms with E-state index in [1.165, 1.54) is 4.68 Å². The number of hydrogen-bond acceptors (Lipinski definition) is 5. The van der Waals surface area contributed by atoms with Gasteiger partial charge in [0.05, 0.1) is 6.54 Å². The number of halogens is 1. The lowest BCUT2D eigenvalue weighted by atomic mass is 10.1. The summed E-state index contributed by atoms with van der Waals surface area (Å²) in [4.78, 5) is 13.5. The minimum Gasteiger partial charge on any atom is -0.390 e. The van der Waals surface area contributed by atoms with Crippen LogP contribution < -0.4 is 0 Å². The molecule has 1 rings (SSSR count). The predicted molar refractivity (Wildman–Crippen MR) is 66.6 cm³/mol. The summed E-state index contributed by atoms with van der Waals surface area (Å²) < 4.78 is 1.91. The zero-order valence-corrected chi connectivity index (χ0v) is 11.3. The first kappa shape index (κ1) is 13.4. The molecule has 16 heavy (non-hydrogen) atoms. The van der Waals surface area contributed by atoms with Crippen molar-refractivity contribution >= 4 is 34.5 Å². The third kappa shape index (κ3) is 3.75. The van der Waals surface area contributed by atoms with Gasteiger partial charge < -0.3 is 10.1 Å². The first-order chi connectivity index (χ1) is 7.54. The van der Waals surface area contributed by atoms with E-state index in [-0.39, 0.29) is 5.95 Å². The van der Waals surface area contributed by atoms with Crippen molar-refractivity contribution in [3.8, 4) is 0 Å². The molecule has 1 aromatic rings. The Morgan fingerprint density at radius 2 is 2.31 bits per heavy atom. The van der Waals surface area contributed by atoms with Gasteiger partial charge in [0.15, 0.2) is 0 Å². The van der Waals surface area contributed by atoms with E-state index in [0.29, 0.717) is 17.2 Å². The zero-order valence-electron chi connectivity index (χ0n) is 8.84. The van der Waals surface area contributed by atoms with Gasteiger partial charge in [0.1, 0.15) is 0 Å². The van der Waals surface area contributed by atoms with Crippen LogP contribution in [-0.2, 0) is 6.54 Å². The Bertz CT molecular complexity index is 371. The van der Waals surface area contributed by atoms with Crippen LogP contribution >= 0.6 is 28.6 Å². The highest BCUT2D eigenvalue weighted by molar-refractivity contribution is 9.10. The number of aryl methyl sites for hydroxylation is 1. The van der Waals surface area contributed by atoms with Crippen LogP contribution in [0.5, 0.6) is 0 Å². The van der Waals surface area contributed by atoms with Crippen molar-refractivity contribution in [1.82, 2.24) is 14.8 Å². The van der Waals surface area contributed by atoms with E-state index in [9.17, 15) is 10.1 Å². The summed E-state index contributed by atoms with van der Waals surface area (Å²) in [5.74, 6) is 1.00. The number of thiol groups is 1. The van der Waals surface area contributed by atoms with E-state index >= 15 is 0 Å². The maximum Gasteiger partial charge on any atom is 0.492 e. The van der Waals surface area contributed by atoms with Gasteiger partial charge in [0, 0.05) is 21.0 Å². The topological polar surface area (TPSA) is 73.8 Å². The van der Waals surface area contributed by atoms with E-state index in [1.807, 2.05) is 0 Å².